The molecule has 1 aliphatic heterocycles. The molecule has 2 aromatic rings. The molecule has 0 saturated carbocycles. The summed E-state index contributed by atoms with van der Waals surface area (Å²) < 4.78 is 46.4. The summed E-state index contributed by atoms with van der Waals surface area (Å²) in [6, 6.07) is 3.81. The predicted octanol–water partition coefficient (Wildman–Crippen LogP) is 2.77. The molecule has 26 heavy (non-hydrogen) atoms. The molecule has 1 fully saturated rings. The zero-order chi connectivity index (χ0) is 18.9. The quantitative estimate of drug-likeness (QED) is 0.817. The second-order valence-electron chi connectivity index (χ2n) is 6.66. The number of nitrogens with zero attached hydrogens (tertiary/aromatic N) is 3. The van der Waals surface area contributed by atoms with Crippen LogP contribution in [0.4, 0.5) is 4.39 Å². The number of sulfonamides is 1. The van der Waals surface area contributed by atoms with Crippen molar-refractivity contribution in [1.29, 1.82) is 0 Å². The van der Waals surface area contributed by atoms with Gasteiger partial charge < -0.3 is 4.74 Å². The summed E-state index contributed by atoms with van der Waals surface area (Å²) in [4.78, 5) is 7.92. The van der Waals surface area contributed by atoms with Crippen LogP contribution in [0.25, 0.3) is 0 Å². The van der Waals surface area contributed by atoms with E-state index in [9.17, 15) is 12.8 Å². The molecule has 1 aliphatic rings. The Morgan fingerprint density at radius 1 is 1.15 bits per heavy atom. The van der Waals surface area contributed by atoms with Crippen LogP contribution < -0.4 is 4.74 Å². The summed E-state index contributed by atoms with van der Waals surface area (Å²) in [6.07, 6.45) is 3.06. The third-order valence-corrected chi connectivity index (χ3v) is 6.58. The van der Waals surface area contributed by atoms with Crippen molar-refractivity contribution < 1.29 is 17.5 Å². The standard InChI is InChI=1S/C18H22FN3O3S/c1-12-7-13(2)17(14(3)8-12)26(23,24)22-6-4-5-16(11-22)25-18-20-9-15(19)10-21-18/h7-10,16H,4-6,11H2,1-3H3. The van der Waals surface area contributed by atoms with Gasteiger partial charge in [0.25, 0.3) is 0 Å². The lowest BCUT2D eigenvalue weighted by Gasteiger charge is -2.32. The number of hydrogen-bond donors (Lipinski definition) is 0. The number of halogens is 1. The van der Waals surface area contributed by atoms with Crippen LogP contribution in [0.15, 0.2) is 29.4 Å². The topological polar surface area (TPSA) is 72.4 Å². The number of aromatic nitrogens is 2. The van der Waals surface area contributed by atoms with Crippen molar-refractivity contribution in [3.05, 3.63) is 47.0 Å². The second-order valence-corrected chi connectivity index (χ2v) is 8.53. The molecule has 1 aromatic heterocycles. The van der Waals surface area contributed by atoms with Crippen LogP contribution in [0.5, 0.6) is 6.01 Å². The van der Waals surface area contributed by atoms with Crippen LogP contribution in [0.2, 0.25) is 0 Å². The highest BCUT2D eigenvalue weighted by molar-refractivity contribution is 7.89. The Bertz CT molecular complexity index is 877. The first-order valence-electron chi connectivity index (χ1n) is 8.49. The fourth-order valence-electron chi connectivity index (χ4n) is 3.43. The maximum Gasteiger partial charge on any atom is 0.316 e. The Hall–Kier alpha value is -2.06. The van der Waals surface area contributed by atoms with Gasteiger partial charge >= 0.3 is 6.01 Å². The van der Waals surface area contributed by atoms with Crippen LogP contribution in [0, 0.1) is 26.6 Å². The zero-order valence-corrected chi connectivity index (χ0v) is 15.9. The largest absolute Gasteiger partial charge is 0.459 e. The molecule has 1 aromatic carbocycles. The third-order valence-electron chi connectivity index (χ3n) is 4.41. The monoisotopic (exact) mass is 379 g/mol. The van der Waals surface area contributed by atoms with Gasteiger partial charge in [0.2, 0.25) is 10.0 Å². The van der Waals surface area contributed by atoms with Crippen molar-refractivity contribution in [3.8, 4) is 6.01 Å². The minimum atomic E-state index is -3.62. The molecule has 1 saturated heterocycles. The molecule has 8 heteroatoms. The normalized spacial score (nSPS) is 18.7. The van der Waals surface area contributed by atoms with E-state index in [4.69, 9.17) is 4.74 Å². The van der Waals surface area contributed by atoms with Crippen molar-refractivity contribution in [1.82, 2.24) is 14.3 Å². The summed E-state index contributed by atoms with van der Waals surface area (Å²) >= 11 is 0. The first-order chi connectivity index (χ1) is 12.3. The Balaban J connectivity index is 1.81. The lowest BCUT2D eigenvalue weighted by atomic mass is 10.1. The van der Waals surface area contributed by atoms with E-state index in [1.54, 1.807) is 0 Å². The molecule has 1 atom stereocenters. The molecular formula is C18H22FN3O3S. The summed E-state index contributed by atoms with van der Waals surface area (Å²) in [5.74, 6) is -0.546. The highest BCUT2D eigenvalue weighted by Crippen LogP contribution is 2.28. The fraction of sp³-hybridized carbons (Fsp3) is 0.444. The maximum atomic E-state index is 13.2. The molecule has 0 amide bonds. The second kappa shape index (κ2) is 7.28. The van der Waals surface area contributed by atoms with Crippen LogP contribution in [0.1, 0.15) is 29.5 Å². The number of rotatable bonds is 4. The minimum absolute atomic E-state index is 0.0540. The average molecular weight is 379 g/mol. The van der Waals surface area contributed by atoms with Gasteiger partial charge in [0.1, 0.15) is 6.10 Å². The van der Waals surface area contributed by atoms with E-state index in [-0.39, 0.29) is 18.7 Å². The summed E-state index contributed by atoms with van der Waals surface area (Å²) in [6.45, 7) is 6.24. The van der Waals surface area contributed by atoms with Gasteiger partial charge in [-0.05, 0) is 44.7 Å². The van der Waals surface area contributed by atoms with Crippen molar-refractivity contribution in [3.63, 3.8) is 0 Å². The molecule has 1 unspecified atom stereocenters. The molecule has 0 N–H and O–H groups in total. The van der Waals surface area contributed by atoms with Gasteiger partial charge in [0.05, 0.1) is 23.8 Å². The number of piperidine rings is 1. The highest BCUT2D eigenvalue weighted by atomic mass is 32.2. The van der Waals surface area contributed by atoms with E-state index in [1.165, 1.54) is 4.31 Å². The van der Waals surface area contributed by atoms with Gasteiger partial charge in [-0.15, -0.1) is 0 Å². The van der Waals surface area contributed by atoms with E-state index in [0.717, 1.165) is 29.1 Å². The minimum Gasteiger partial charge on any atom is -0.459 e. The molecule has 0 spiro atoms. The Morgan fingerprint density at radius 3 is 2.38 bits per heavy atom. The molecule has 2 heterocycles. The Morgan fingerprint density at radius 2 is 1.77 bits per heavy atom. The molecule has 3 rings (SSSR count). The Kier molecular flexibility index (Phi) is 5.24. The highest BCUT2D eigenvalue weighted by Gasteiger charge is 2.33. The van der Waals surface area contributed by atoms with Crippen LogP contribution in [0.3, 0.4) is 0 Å². The van der Waals surface area contributed by atoms with Crippen molar-refractivity contribution in [2.75, 3.05) is 13.1 Å². The molecule has 0 bridgehead atoms. The van der Waals surface area contributed by atoms with E-state index < -0.39 is 15.8 Å². The van der Waals surface area contributed by atoms with E-state index in [0.29, 0.717) is 24.3 Å². The van der Waals surface area contributed by atoms with Crippen molar-refractivity contribution in [2.24, 2.45) is 0 Å². The first kappa shape index (κ1) is 18.7. The molecule has 0 radical (unpaired) electrons. The number of hydrogen-bond acceptors (Lipinski definition) is 5. The van der Waals surface area contributed by atoms with Crippen molar-refractivity contribution >= 4 is 10.0 Å². The lowest BCUT2D eigenvalue weighted by molar-refractivity contribution is 0.119. The summed E-state index contributed by atoms with van der Waals surface area (Å²) in [7, 11) is -3.62. The van der Waals surface area contributed by atoms with Gasteiger partial charge in [-0.2, -0.15) is 4.31 Å². The van der Waals surface area contributed by atoms with Gasteiger partial charge in [-0.3, -0.25) is 0 Å². The number of benzene rings is 1. The predicted molar refractivity (Wildman–Crippen MR) is 95.1 cm³/mol. The van der Waals surface area contributed by atoms with Gasteiger partial charge in [0, 0.05) is 6.54 Å². The van der Waals surface area contributed by atoms with Crippen molar-refractivity contribution in [2.45, 2.75) is 44.6 Å². The average Bonchev–Trinajstić information content (AvgIpc) is 2.56. The summed E-state index contributed by atoms with van der Waals surface area (Å²) in [5, 5.41) is 0. The molecule has 6 nitrogen and oxygen atoms in total. The van der Waals surface area contributed by atoms with Crippen LogP contribution in [-0.4, -0.2) is 41.9 Å². The maximum absolute atomic E-state index is 13.2. The van der Waals surface area contributed by atoms with Crippen LogP contribution in [-0.2, 0) is 10.0 Å². The Labute approximate surface area is 153 Å². The van der Waals surface area contributed by atoms with E-state index in [2.05, 4.69) is 9.97 Å². The summed E-state index contributed by atoms with van der Waals surface area (Å²) in [5.41, 5.74) is 2.52. The van der Waals surface area contributed by atoms with Gasteiger partial charge in [0.15, 0.2) is 5.82 Å². The lowest BCUT2D eigenvalue weighted by Crippen LogP contribution is -2.44. The fourth-order valence-corrected chi connectivity index (χ4v) is 5.35. The number of aryl methyl sites for hydroxylation is 3. The van der Waals surface area contributed by atoms with E-state index in [1.807, 2.05) is 32.9 Å². The smallest absolute Gasteiger partial charge is 0.316 e. The molecule has 140 valence electrons. The SMILES string of the molecule is Cc1cc(C)c(S(=O)(=O)N2CCCC(Oc3ncc(F)cn3)C2)c(C)c1. The zero-order valence-electron chi connectivity index (χ0n) is 15.1. The van der Waals surface area contributed by atoms with Gasteiger partial charge in [-0.1, -0.05) is 17.7 Å². The number of ether oxygens (including phenoxy) is 1. The van der Waals surface area contributed by atoms with Gasteiger partial charge in [-0.25, -0.2) is 22.8 Å². The van der Waals surface area contributed by atoms with Crippen LogP contribution >= 0.6 is 0 Å². The molecular weight excluding hydrogens is 357 g/mol. The third kappa shape index (κ3) is 3.86. The molecule has 0 aliphatic carbocycles. The first-order valence-corrected chi connectivity index (χ1v) is 9.93. The van der Waals surface area contributed by atoms with E-state index >= 15 is 0 Å².